The molecule has 10 nitrogen and oxygen atoms in total. The summed E-state index contributed by atoms with van der Waals surface area (Å²) in [5.74, 6) is -0.373. The largest absolute Gasteiger partial charge is 0.489 e. The summed E-state index contributed by atoms with van der Waals surface area (Å²) in [5, 5.41) is 20.7. The van der Waals surface area contributed by atoms with Gasteiger partial charge in [-0.3, -0.25) is 9.59 Å². The van der Waals surface area contributed by atoms with Gasteiger partial charge in [0.05, 0.1) is 30.9 Å². The van der Waals surface area contributed by atoms with E-state index in [2.05, 4.69) is 11.1 Å². The second kappa shape index (κ2) is 7.36. The lowest BCUT2D eigenvalue weighted by Gasteiger charge is -2.39. The number of piperazine rings is 1. The van der Waals surface area contributed by atoms with E-state index in [0.717, 1.165) is 12.8 Å². The molecule has 0 aromatic rings. The second-order valence-corrected chi connectivity index (χ2v) is 8.37. The average Bonchev–Trinajstić information content (AvgIpc) is 3.26. The molecule has 4 unspecified atom stereocenters. The summed E-state index contributed by atoms with van der Waals surface area (Å²) in [5.41, 5.74) is 4.29. The maximum atomic E-state index is 13.3. The molecule has 1 amide bonds. The van der Waals surface area contributed by atoms with E-state index in [1.807, 2.05) is 4.90 Å². The van der Waals surface area contributed by atoms with Crippen molar-refractivity contribution in [1.29, 1.82) is 0 Å². The van der Waals surface area contributed by atoms with E-state index in [4.69, 9.17) is 19.4 Å². The van der Waals surface area contributed by atoms with Crippen molar-refractivity contribution in [3.63, 3.8) is 0 Å². The van der Waals surface area contributed by atoms with Gasteiger partial charge in [-0.1, -0.05) is 6.42 Å². The Labute approximate surface area is 173 Å². The zero-order valence-electron chi connectivity index (χ0n) is 17.0. The quantitative estimate of drug-likeness (QED) is 0.346. The number of fused-ring (bicyclic) bond motifs is 4. The van der Waals surface area contributed by atoms with Gasteiger partial charge in [0.25, 0.3) is 0 Å². The van der Waals surface area contributed by atoms with Crippen molar-refractivity contribution in [2.75, 3.05) is 26.9 Å². The number of rotatable bonds is 5. The van der Waals surface area contributed by atoms with Gasteiger partial charge in [0.1, 0.15) is 0 Å². The number of carbonyl (C=O) groups excluding carboxylic acids is 2. The number of hydrogen-bond donors (Lipinski definition) is 4. The van der Waals surface area contributed by atoms with Crippen molar-refractivity contribution < 1.29 is 34.1 Å². The van der Waals surface area contributed by atoms with E-state index in [9.17, 15) is 14.7 Å². The molecule has 10 heteroatoms. The van der Waals surface area contributed by atoms with Crippen LogP contribution in [0.1, 0.15) is 26.2 Å². The molecule has 2 saturated heterocycles. The molecule has 164 valence electrons. The smallest absolute Gasteiger partial charge is 0.402 e. The first-order valence-electron chi connectivity index (χ1n) is 10.1. The standard InChI is InChI=1S/C19H24N2O5.CH3NO2/c1-9-15(23)14-13(16(24)17(9)26-8-10-4-3-5-10)11(7-22)19(25-2)18-12(20-18)6-21(14)19;2-1(3)4/h10-12,18,20,22H,3-8H2,1-2H3;2H2,(H,3,4). The van der Waals surface area contributed by atoms with Gasteiger partial charge in [-0.2, -0.15) is 0 Å². The number of allylic oxidation sites excluding steroid dienone is 2. The van der Waals surface area contributed by atoms with Gasteiger partial charge < -0.3 is 35.6 Å². The minimum atomic E-state index is -1.33. The Kier molecular flexibility index (Phi) is 5.11. The van der Waals surface area contributed by atoms with Crippen LogP contribution in [0.4, 0.5) is 4.79 Å². The number of nitrogens with two attached hydrogens (primary N) is 1. The number of carbonyl (C=O) groups is 3. The van der Waals surface area contributed by atoms with E-state index < -0.39 is 17.7 Å². The number of aliphatic hydroxyl groups excluding tert-OH is 1. The molecule has 0 aromatic carbocycles. The number of ether oxygens (including phenoxy) is 2. The Balaban J connectivity index is 0.000000503. The lowest BCUT2D eigenvalue weighted by Crippen LogP contribution is -2.54. The summed E-state index contributed by atoms with van der Waals surface area (Å²) in [7, 11) is 1.58. The van der Waals surface area contributed by atoms with Crippen molar-refractivity contribution >= 4 is 17.7 Å². The number of carboxylic acid groups (broad SMARTS) is 1. The third-order valence-corrected chi connectivity index (χ3v) is 6.85. The molecule has 0 spiro atoms. The Morgan fingerprint density at radius 2 is 2.00 bits per heavy atom. The molecule has 4 atom stereocenters. The van der Waals surface area contributed by atoms with E-state index in [0.29, 0.717) is 35.9 Å². The molecule has 5 aliphatic rings. The maximum Gasteiger partial charge on any atom is 0.402 e. The molecule has 0 aromatic heterocycles. The number of aliphatic hydroxyl groups is 1. The number of hydrogen-bond acceptors (Lipinski definition) is 8. The fourth-order valence-electron chi connectivity index (χ4n) is 5.16. The van der Waals surface area contributed by atoms with Crippen LogP contribution >= 0.6 is 0 Å². The SMILES string of the molecule is COC12C(CO)C3=C(C(=O)C(C)=C(OCC4CCC4)C3=O)N1CC1NC12.NC(=O)O. The van der Waals surface area contributed by atoms with Gasteiger partial charge in [0.2, 0.25) is 11.6 Å². The molecular weight excluding hydrogens is 394 g/mol. The first-order valence-corrected chi connectivity index (χ1v) is 10.1. The molecule has 5 rings (SSSR count). The van der Waals surface area contributed by atoms with Gasteiger partial charge in [-0.05, 0) is 25.7 Å². The van der Waals surface area contributed by atoms with E-state index in [1.165, 1.54) is 6.42 Å². The van der Waals surface area contributed by atoms with Gasteiger partial charge >= 0.3 is 6.09 Å². The Bertz CT molecular complexity index is 858. The van der Waals surface area contributed by atoms with Crippen molar-refractivity contribution in [2.24, 2.45) is 17.6 Å². The van der Waals surface area contributed by atoms with Crippen LogP contribution in [0.2, 0.25) is 0 Å². The number of primary amides is 1. The summed E-state index contributed by atoms with van der Waals surface area (Å²) < 4.78 is 11.7. The minimum Gasteiger partial charge on any atom is -0.489 e. The zero-order chi connectivity index (χ0) is 21.8. The topological polar surface area (TPSA) is 161 Å². The molecule has 5 N–H and O–H groups in total. The van der Waals surface area contributed by atoms with Crippen LogP contribution in [0.15, 0.2) is 22.6 Å². The fourth-order valence-corrected chi connectivity index (χ4v) is 5.16. The van der Waals surface area contributed by atoms with Crippen LogP contribution in [0, 0.1) is 11.8 Å². The van der Waals surface area contributed by atoms with Gasteiger partial charge in [-0.25, -0.2) is 4.79 Å². The average molecular weight is 421 g/mol. The van der Waals surface area contributed by atoms with Gasteiger partial charge in [0, 0.05) is 30.8 Å². The van der Waals surface area contributed by atoms with Crippen LogP contribution in [0.25, 0.3) is 0 Å². The lowest BCUT2D eigenvalue weighted by molar-refractivity contribution is -0.137. The Morgan fingerprint density at radius 3 is 2.53 bits per heavy atom. The molecule has 3 heterocycles. The molecule has 0 bridgehead atoms. The minimum absolute atomic E-state index is 0.0236. The summed E-state index contributed by atoms with van der Waals surface area (Å²) >= 11 is 0. The predicted octanol–water partition coefficient (Wildman–Crippen LogP) is -0.273. The Morgan fingerprint density at radius 1 is 1.33 bits per heavy atom. The highest BCUT2D eigenvalue weighted by atomic mass is 16.5. The number of methoxy groups -OCH3 is 1. The molecular formula is C20H27N3O7. The van der Waals surface area contributed by atoms with Crippen LogP contribution < -0.4 is 11.1 Å². The van der Waals surface area contributed by atoms with Crippen molar-refractivity contribution in [2.45, 2.75) is 44.0 Å². The van der Waals surface area contributed by atoms with Crippen molar-refractivity contribution in [1.82, 2.24) is 10.2 Å². The van der Waals surface area contributed by atoms with Crippen LogP contribution in [-0.4, -0.2) is 77.4 Å². The molecule has 3 fully saturated rings. The van der Waals surface area contributed by atoms with Crippen LogP contribution in [-0.2, 0) is 19.1 Å². The summed E-state index contributed by atoms with van der Waals surface area (Å²) in [4.78, 5) is 37.1. The normalized spacial score (nSPS) is 34.1. The third-order valence-electron chi connectivity index (χ3n) is 6.85. The molecule has 1 saturated carbocycles. The highest BCUT2D eigenvalue weighted by molar-refractivity contribution is 6.25. The monoisotopic (exact) mass is 421 g/mol. The molecule has 30 heavy (non-hydrogen) atoms. The van der Waals surface area contributed by atoms with Crippen molar-refractivity contribution in [3.8, 4) is 0 Å². The Hall–Kier alpha value is -2.43. The summed E-state index contributed by atoms with van der Waals surface area (Å²) in [6.07, 6.45) is 2.08. The van der Waals surface area contributed by atoms with Gasteiger partial charge in [0.15, 0.2) is 11.5 Å². The maximum absolute atomic E-state index is 13.3. The molecule has 3 aliphatic heterocycles. The fraction of sp³-hybridized carbons (Fsp3) is 0.650. The first-order chi connectivity index (χ1) is 14.3. The third kappa shape index (κ3) is 2.85. The number of nitrogens with one attached hydrogen (secondary N) is 1. The number of amides is 1. The second-order valence-electron chi connectivity index (χ2n) is 8.37. The highest BCUT2D eigenvalue weighted by Crippen LogP contribution is 2.55. The van der Waals surface area contributed by atoms with E-state index >= 15 is 0 Å². The summed E-state index contributed by atoms with van der Waals surface area (Å²) in [6.45, 7) is 2.50. The first kappa shape index (κ1) is 20.8. The van der Waals surface area contributed by atoms with Gasteiger partial charge in [-0.15, -0.1) is 0 Å². The predicted molar refractivity (Wildman–Crippen MR) is 103 cm³/mol. The number of nitrogens with zero attached hydrogens (tertiary/aromatic N) is 1. The van der Waals surface area contributed by atoms with E-state index in [-0.39, 0.29) is 36.0 Å². The van der Waals surface area contributed by atoms with Crippen LogP contribution in [0.3, 0.4) is 0 Å². The number of Topliss-reactive ketones (excluding diaryl/α,β-unsaturated/α-hetero) is 2. The molecule has 0 radical (unpaired) electrons. The van der Waals surface area contributed by atoms with E-state index in [1.54, 1.807) is 14.0 Å². The van der Waals surface area contributed by atoms with Crippen LogP contribution in [0.5, 0.6) is 0 Å². The zero-order valence-corrected chi connectivity index (χ0v) is 17.0. The highest BCUT2D eigenvalue weighted by Gasteiger charge is 2.72. The van der Waals surface area contributed by atoms with Crippen molar-refractivity contribution in [3.05, 3.63) is 22.6 Å². The lowest BCUT2D eigenvalue weighted by atomic mass is 9.83. The number of ketones is 2. The molecule has 2 aliphatic carbocycles. The summed E-state index contributed by atoms with van der Waals surface area (Å²) in [6, 6.07) is 0.261.